The number of hydrogen-bond donors (Lipinski definition) is 4. The zero-order valence-corrected chi connectivity index (χ0v) is 12.8. The molecule has 0 aliphatic heterocycles. The summed E-state index contributed by atoms with van der Waals surface area (Å²) >= 11 is 0. The molecule has 0 atom stereocenters. The van der Waals surface area contributed by atoms with Crippen LogP contribution in [0.3, 0.4) is 0 Å². The summed E-state index contributed by atoms with van der Waals surface area (Å²) in [4.78, 5) is 29.9. The molecule has 2 aromatic carbocycles. The highest BCUT2D eigenvalue weighted by atomic mass is 31.2. The minimum absolute atomic E-state index is 0.158. The lowest BCUT2D eigenvalue weighted by Crippen LogP contribution is -2.02. The van der Waals surface area contributed by atoms with Crippen molar-refractivity contribution in [3.63, 3.8) is 0 Å². The summed E-state index contributed by atoms with van der Waals surface area (Å²) < 4.78 is 20.6. The second-order valence-electron chi connectivity index (χ2n) is 4.87. The van der Waals surface area contributed by atoms with E-state index in [2.05, 4.69) is 4.52 Å². The molecule has 0 amide bonds. The van der Waals surface area contributed by atoms with E-state index in [1.54, 1.807) is 30.3 Å². The molecule has 0 bridgehead atoms. The van der Waals surface area contributed by atoms with Crippen molar-refractivity contribution in [3.05, 3.63) is 52.7 Å². The molecule has 8 nitrogen and oxygen atoms in total. The molecule has 0 aliphatic rings. The van der Waals surface area contributed by atoms with Crippen molar-refractivity contribution < 1.29 is 33.5 Å². The molecule has 124 valence electrons. The van der Waals surface area contributed by atoms with Gasteiger partial charge >= 0.3 is 7.82 Å². The van der Waals surface area contributed by atoms with Gasteiger partial charge in [0.2, 0.25) is 5.75 Å². The molecular weight excluding hydrogens is 339 g/mol. The van der Waals surface area contributed by atoms with Crippen molar-refractivity contribution >= 4 is 18.8 Å². The van der Waals surface area contributed by atoms with E-state index >= 15 is 0 Å². The highest BCUT2D eigenvalue weighted by molar-refractivity contribution is 7.46. The second kappa shape index (κ2) is 5.68. The molecule has 4 N–H and O–H groups in total. The van der Waals surface area contributed by atoms with Crippen molar-refractivity contribution in [2.24, 2.45) is 0 Å². The fourth-order valence-electron chi connectivity index (χ4n) is 2.22. The summed E-state index contributed by atoms with van der Waals surface area (Å²) in [5.74, 6) is -2.38. The average molecular weight is 350 g/mol. The van der Waals surface area contributed by atoms with Crippen LogP contribution >= 0.6 is 7.82 Å². The first-order valence-corrected chi connectivity index (χ1v) is 8.12. The van der Waals surface area contributed by atoms with Crippen molar-refractivity contribution in [3.8, 4) is 28.6 Å². The van der Waals surface area contributed by atoms with E-state index in [-0.39, 0.29) is 16.7 Å². The van der Waals surface area contributed by atoms with Crippen molar-refractivity contribution in [1.82, 2.24) is 0 Å². The van der Waals surface area contributed by atoms with Gasteiger partial charge in [-0.3, -0.25) is 14.6 Å². The highest BCUT2D eigenvalue weighted by Crippen LogP contribution is 2.49. The van der Waals surface area contributed by atoms with E-state index in [9.17, 15) is 19.6 Å². The van der Waals surface area contributed by atoms with Crippen molar-refractivity contribution in [1.29, 1.82) is 0 Å². The van der Waals surface area contributed by atoms with Gasteiger partial charge in [-0.05, 0) is 0 Å². The molecule has 3 aromatic rings. The Morgan fingerprint density at radius 1 is 1.04 bits per heavy atom. The monoisotopic (exact) mass is 350 g/mol. The summed E-state index contributed by atoms with van der Waals surface area (Å²) in [5.41, 5.74) is -0.219. The molecule has 24 heavy (non-hydrogen) atoms. The van der Waals surface area contributed by atoms with Crippen LogP contribution in [-0.4, -0.2) is 20.0 Å². The van der Waals surface area contributed by atoms with E-state index < -0.39 is 30.5 Å². The normalized spacial score (nSPS) is 11.6. The van der Waals surface area contributed by atoms with Gasteiger partial charge in [0.25, 0.3) is 0 Å². The maximum absolute atomic E-state index is 12.3. The summed E-state index contributed by atoms with van der Waals surface area (Å²) in [6, 6.07) is 10.7. The largest absolute Gasteiger partial charge is 0.525 e. The Morgan fingerprint density at radius 2 is 1.71 bits per heavy atom. The van der Waals surface area contributed by atoms with Crippen LogP contribution in [0, 0.1) is 0 Å². The van der Waals surface area contributed by atoms with Crippen molar-refractivity contribution in [2.45, 2.75) is 0 Å². The summed E-state index contributed by atoms with van der Waals surface area (Å²) in [6.45, 7) is 0. The summed E-state index contributed by atoms with van der Waals surface area (Å²) in [5, 5.41) is 19.5. The predicted octanol–water partition coefficient (Wildman–Crippen LogP) is 2.34. The molecule has 0 spiro atoms. The van der Waals surface area contributed by atoms with Crippen LogP contribution in [0.15, 0.2) is 51.7 Å². The summed E-state index contributed by atoms with van der Waals surface area (Å²) in [6.07, 6.45) is 0. The Kier molecular flexibility index (Phi) is 3.81. The highest BCUT2D eigenvalue weighted by Gasteiger charge is 2.25. The Labute approximate surface area is 134 Å². The zero-order chi connectivity index (χ0) is 17.5. The number of phosphoric ester groups is 1. The van der Waals surface area contributed by atoms with E-state index in [1.165, 1.54) is 0 Å². The van der Waals surface area contributed by atoms with Crippen LogP contribution in [0.4, 0.5) is 0 Å². The lowest BCUT2D eigenvalue weighted by atomic mass is 10.1. The Morgan fingerprint density at radius 3 is 2.33 bits per heavy atom. The average Bonchev–Trinajstić information content (AvgIpc) is 2.50. The van der Waals surface area contributed by atoms with Gasteiger partial charge in [0.1, 0.15) is 16.7 Å². The Bertz CT molecular complexity index is 1020. The molecule has 3 rings (SSSR count). The number of phosphoric acid groups is 1. The lowest BCUT2D eigenvalue weighted by molar-refractivity contribution is 0.272. The molecular formula is C15H11O8P. The van der Waals surface area contributed by atoms with Crippen LogP contribution < -0.4 is 9.95 Å². The minimum atomic E-state index is -5.04. The molecule has 1 heterocycles. The number of benzene rings is 2. The Balaban J connectivity index is 2.26. The quantitative estimate of drug-likeness (QED) is 0.528. The molecule has 0 aliphatic carbocycles. The minimum Gasteiger partial charge on any atom is -0.504 e. The fourth-order valence-corrected chi connectivity index (χ4v) is 2.64. The smallest absolute Gasteiger partial charge is 0.504 e. The van der Waals surface area contributed by atoms with Gasteiger partial charge in [-0.15, -0.1) is 0 Å². The molecule has 9 heteroatoms. The second-order valence-corrected chi connectivity index (χ2v) is 6.03. The number of hydrogen-bond acceptors (Lipinski definition) is 6. The number of rotatable bonds is 3. The molecule has 0 saturated carbocycles. The fraction of sp³-hybridized carbons (Fsp3) is 0. The van der Waals surface area contributed by atoms with Crippen LogP contribution in [-0.2, 0) is 4.57 Å². The SMILES string of the molecule is O=c1cc(-c2ccccc2)oc2cc(O)c(OP(=O)(O)O)c(O)c12. The van der Waals surface area contributed by atoms with Crippen LogP contribution in [0.2, 0.25) is 0 Å². The standard InChI is InChI=1S/C15H11O8P/c16-9-6-11(8-4-2-1-3-5-8)22-12-7-10(17)15(14(18)13(9)12)23-24(19,20)21/h1-7,17-18H,(H2,19,20,21). The molecule has 0 saturated heterocycles. The van der Waals surface area contributed by atoms with Gasteiger partial charge in [-0.25, -0.2) is 4.57 Å². The summed E-state index contributed by atoms with van der Waals surface area (Å²) in [7, 11) is -5.04. The third-order valence-electron chi connectivity index (χ3n) is 3.20. The van der Waals surface area contributed by atoms with Gasteiger partial charge in [0.15, 0.2) is 16.9 Å². The van der Waals surface area contributed by atoms with Crippen LogP contribution in [0.25, 0.3) is 22.3 Å². The third kappa shape index (κ3) is 2.98. The van der Waals surface area contributed by atoms with Crippen LogP contribution in [0.5, 0.6) is 17.2 Å². The lowest BCUT2D eigenvalue weighted by Gasteiger charge is -2.12. The van der Waals surface area contributed by atoms with Crippen LogP contribution in [0.1, 0.15) is 0 Å². The predicted molar refractivity (Wildman–Crippen MR) is 83.9 cm³/mol. The number of fused-ring (bicyclic) bond motifs is 1. The Hall–Kier alpha value is -2.80. The van der Waals surface area contributed by atoms with Crippen molar-refractivity contribution in [2.75, 3.05) is 0 Å². The molecule has 0 unspecified atom stereocenters. The third-order valence-corrected chi connectivity index (χ3v) is 3.62. The first kappa shape index (κ1) is 16.1. The maximum Gasteiger partial charge on any atom is 0.525 e. The topological polar surface area (TPSA) is 137 Å². The number of phenols is 2. The van der Waals surface area contributed by atoms with Gasteiger partial charge in [0, 0.05) is 17.7 Å². The van der Waals surface area contributed by atoms with Gasteiger partial charge < -0.3 is 19.2 Å². The maximum atomic E-state index is 12.3. The molecule has 0 radical (unpaired) electrons. The van der Waals surface area contributed by atoms with E-state index in [4.69, 9.17) is 14.2 Å². The van der Waals surface area contributed by atoms with Gasteiger partial charge in [-0.1, -0.05) is 30.3 Å². The zero-order valence-electron chi connectivity index (χ0n) is 11.9. The van der Waals surface area contributed by atoms with Gasteiger partial charge in [0.05, 0.1) is 0 Å². The van der Waals surface area contributed by atoms with E-state index in [0.29, 0.717) is 5.56 Å². The first-order valence-electron chi connectivity index (χ1n) is 6.59. The van der Waals surface area contributed by atoms with E-state index in [0.717, 1.165) is 12.1 Å². The first-order chi connectivity index (χ1) is 11.3. The molecule has 0 fully saturated rings. The number of phenolic OH excluding ortho intramolecular Hbond substituents is 2. The molecule has 1 aromatic heterocycles. The number of aromatic hydroxyl groups is 2. The van der Waals surface area contributed by atoms with Gasteiger partial charge in [-0.2, -0.15) is 0 Å². The van der Waals surface area contributed by atoms with E-state index in [1.807, 2.05) is 0 Å².